The summed E-state index contributed by atoms with van der Waals surface area (Å²) in [7, 11) is 0. The highest BCUT2D eigenvalue weighted by molar-refractivity contribution is 7.09. The van der Waals surface area contributed by atoms with Gasteiger partial charge in [-0.2, -0.15) is 0 Å². The lowest BCUT2D eigenvalue weighted by Crippen LogP contribution is -2.64. The van der Waals surface area contributed by atoms with E-state index >= 15 is 0 Å². The first-order valence-electron chi connectivity index (χ1n) is 10.4. The van der Waals surface area contributed by atoms with Gasteiger partial charge in [0.15, 0.2) is 0 Å². The highest BCUT2D eigenvalue weighted by Crippen LogP contribution is 2.35. The molecule has 0 aromatic carbocycles. The van der Waals surface area contributed by atoms with Gasteiger partial charge in [0.1, 0.15) is 17.0 Å². The molecular formula is C23H25N3O3S. The number of nitrogens with one attached hydrogen (secondary N) is 1. The Kier molecular flexibility index (Phi) is 4.77. The van der Waals surface area contributed by atoms with Crippen LogP contribution >= 0.6 is 11.3 Å². The van der Waals surface area contributed by atoms with Crippen LogP contribution in [0.5, 0.6) is 0 Å². The maximum Gasteiger partial charge on any atom is 0.271 e. The van der Waals surface area contributed by atoms with Crippen molar-refractivity contribution in [1.29, 1.82) is 0 Å². The van der Waals surface area contributed by atoms with Gasteiger partial charge in [-0.25, -0.2) is 0 Å². The lowest BCUT2D eigenvalue weighted by atomic mass is 9.94. The Morgan fingerprint density at radius 2 is 2.00 bits per heavy atom. The van der Waals surface area contributed by atoms with Gasteiger partial charge in [-0.1, -0.05) is 18.9 Å². The van der Waals surface area contributed by atoms with E-state index in [1.807, 2.05) is 53.3 Å². The zero-order valence-corrected chi connectivity index (χ0v) is 17.8. The number of aromatic nitrogens is 1. The molecule has 6 nitrogen and oxygen atoms in total. The van der Waals surface area contributed by atoms with Crippen LogP contribution in [-0.4, -0.2) is 32.9 Å². The minimum atomic E-state index is -0.989. The number of hydrogen-bond acceptors (Lipinski definition) is 4. The molecule has 3 aromatic heterocycles. The number of carbonyl (C=O) groups is 2. The number of nitrogens with zero attached hydrogens (tertiary/aromatic N) is 2. The standard InChI is InChI=1S/C23H25N3O3S/c1-23(22(28)24-16-6-2-3-7-16)15-25-18(20-9-4-12-29-20)10-11-19(25)21(27)26(23)14-17-8-5-13-30-17/h4-5,8-13,16H,2-3,6-7,14-15H2,1H3,(H,24,28)/t23-/m0/s1. The second-order valence-electron chi connectivity index (χ2n) is 8.37. The van der Waals surface area contributed by atoms with E-state index < -0.39 is 5.54 Å². The molecule has 1 atom stereocenters. The fourth-order valence-corrected chi connectivity index (χ4v) is 5.32. The van der Waals surface area contributed by atoms with E-state index in [2.05, 4.69) is 5.32 Å². The molecule has 2 amide bonds. The zero-order valence-electron chi connectivity index (χ0n) is 17.0. The fraction of sp³-hybridized carbons (Fsp3) is 0.391. The highest BCUT2D eigenvalue weighted by atomic mass is 32.1. The number of thiophene rings is 1. The monoisotopic (exact) mass is 423 g/mol. The van der Waals surface area contributed by atoms with Gasteiger partial charge in [-0.3, -0.25) is 9.59 Å². The number of amides is 2. The van der Waals surface area contributed by atoms with Crippen LogP contribution in [0, 0.1) is 0 Å². The Labute approximate surface area is 179 Å². The Hall–Kier alpha value is -2.80. The third-order valence-corrected chi connectivity index (χ3v) is 7.22. The molecule has 4 heterocycles. The lowest BCUT2D eigenvalue weighted by molar-refractivity contribution is -0.133. The second kappa shape index (κ2) is 7.47. The summed E-state index contributed by atoms with van der Waals surface area (Å²) >= 11 is 1.60. The molecule has 0 unspecified atom stereocenters. The van der Waals surface area contributed by atoms with Crippen molar-refractivity contribution in [3.63, 3.8) is 0 Å². The van der Waals surface area contributed by atoms with Crippen molar-refractivity contribution in [2.24, 2.45) is 0 Å². The predicted molar refractivity (Wildman–Crippen MR) is 115 cm³/mol. The van der Waals surface area contributed by atoms with Gasteiger partial charge >= 0.3 is 0 Å². The van der Waals surface area contributed by atoms with Crippen molar-refractivity contribution in [2.75, 3.05) is 0 Å². The molecule has 1 aliphatic heterocycles. The zero-order chi connectivity index (χ0) is 20.7. The maximum atomic E-state index is 13.6. The van der Waals surface area contributed by atoms with Crippen molar-refractivity contribution < 1.29 is 14.0 Å². The summed E-state index contributed by atoms with van der Waals surface area (Å²) in [5.41, 5.74) is 0.417. The average molecular weight is 424 g/mol. The summed E-state index contributed by atoms with van der Waals surface area (Å²) < 4.78 is 7.51. The van der Waals surface area contributed by atoms with Crippen LogP contribution in [0.25, 0.3) is 11.5 Å². The summed E-state index contributed by atoms with van der Waals surface area (Å²) in [6, 6.07) is 11.6. The molecule has 0 spiro atoms. The Morgan fingerprint density at radius 1 is 1.20 bits per heavy atom. The first-order valence-corrected chi connectivity index (χ1v) is 11.3. The van der Waals surface area contributed by atoms with E-state index in [9.17, 15) is 9.59 Å². The number of furan rings is 1. The SMILES string of the molecule is C[C@@]1(C(=O)NC2CCCC2)Cn2c(ccc2-c2ccco2)C(=O)N1Cc1cccs1. The van der Waals surface area contributed by atoms with Crippen molar-refractivity contribution >= 4 is 23.2 Å². The molecule has 7 heteroatoms. The van der Waals surface area contributed by atoms with Gasteiger partial charge in [0.2, 0.25) is 5.91 Å². The first kappa shape index (κ1) is 19.2. The van der Waals surface area contributed by atoms with E-state index in [1.165, 1.54) is 0 Å². The molecule has 1 fully saturated rings. The van der Waals surface area contributed by atoms with Crippen LogP contribution in [0.15, 0.2) is 52.5 Å². The van der Waals surface area contributed by atoms with Crippen LogP contribution in [0.3, 0.4) is 0 Å². The summed E-state index contributed by atoms with van der Waals surface area (Å²) in [5, 5.41) is 5.23. The molecule has 30 heavy (non-hydrogen) atoms. The number of carbonyl (C=O) groups excluding carboxylic acids is 2. The molecule has 156 valence electrons. The predicted octanol–water partition coefficient (Wildman–Crippen LogP) is 4.28. The molecule has 1 aliphatic carbocycles. The molecular weight excluding hydrogens is 398 g/mol. The molecule has 0 saturated heterocycles. The number of rotatable bonds is 5. The molecule has 1 saturated carbocycles. The summed E-state index contributed by atoms with van der Waals surface area (Å²) in [6.07, 6.45) is 5.92. The lowest BCUT2D eigenvalue weighted by Gasteiger charge is -2.44. The topological polar surface area (TPSA) is 67.5 Å². The quantitative estimate of drug-likeness (QED) is 0.666. The Bertz CT molecular complexity index is 1050. The normalized spacial score (nSPS) is 21.8. The van der Waals surface area contributed by atoms with E-state index in [4.69, 9.17) is 4.42 Å². The van der Waals surface area contributed by atoms with Crippen LogP contribution in [0.1, 0.15) is 48.0 Å². The van der Waals surface area contributed by atoms with Crippen molar-refractivity contribution in [1.82, 2.24) is 14.8 Å². The van der Waals surface area contributed by atoms with Gasteiger partial charge in [-0.05, 0) is 55.5 Å². The van der Waals surface area contributed by atoms with E-state index in [1.54, 1.807) is 22.5 Å². The average Bonchev–Trinajstić information content (AvgIpc) is 3.53. The van der Waals surface area contributed by atoms with Crippen LogP contribution in [-0.2, 0) is 17.9 Å². The van der Waals surface area contributed by atoms with Crippen molar-refractivity contribution in [3.05, 3.63) is 58.6 Å². The molecule has 0 radical (unpaired) electrons. The summed E-state index contributed by atoms with van der Waals surface area (Å²) in [4.78, 5) is 29.9. The molecule has 5 rings (SSSR count). The van der Waals surface area contributed by atoms with Crippen molar-refractivity contribution in [3.8, 4) is 11.5 Å². The van der Waals surface area contributed by atoms with E-state index in [-0.39, 0.29) is 17.9 Å². The number of fused-ring (bicyclic) bond motifs is 1. The summed E-state index contributed by atoms with van der Waals surface area (Å²) in [5.74, 6) is 0.486. The van der Waals surface area contributed by atoms with E-state index in [0.29, 0.717) is 24.5 Å². The van der Waals surface area contributed by atoms with Crippen LogP contribution in [0.4, 0.5) is 0 Å². The number of hydrogen-bond donors (Lipinski definition) is 1. The van der Waals surface area contributed by atoms with Gasteiger partial charge in [0, 0.05) is 10.9 Å². The largest absolute Gasteiger partial charge is 0.463 e. The van der Waals surface area contributed by atoms with Gasteiger partial charge in [-0.15, -0.1) is 11.3 Å². The third kappa shape index (κ3) is 3.17. The summed E-state index contributed by atoms with van der Waals surface area (Å²) in [6.45, 7) is 2.70. The van der Waals surface area contributed by atoms with Gasteiger partial charge < -0.3 is 19.2 Å². The smallest absolute Gasteiger partial charge is 0.271 e. The minimum Gasteiger partial charge on any atom is -0.463 e. The minimum absolute atomic E-state index is 0.0796. The van der Waals surface area contributed by atoms with Crippen LogP contribution in [0.2, 0.25) is 0 Å². The van der Waals surface area contributed by atoms with Gasteiger partial charge in [0.25, 0.3) is 5.91 Å². The fourth-order valence-electron chi connectivity index (χ4n) is 4.63. The Morgan fingerprint density at radius 3 is 2.70 bits per heavy atom. The van der Waals surface area contributed by atoms with Crippen LogP contribution < -0.4 is 5.32 Å². The van der Waals surface area contributed by atoms with E-state index in [0.717, 1.165) is 36.3 Å². The molecule has 1 N–H and O–H groups in total. The third-order valence-electron chi connectivity index (χ3n) is 6.35. The molecule has 2 aliphatic rings. The molecule has 0 bridgehead atoms. The highest BCUT2D eigenvalue weighted by Gasteiger charge is 2.48. The molecule has 3 aromatic rings. The second-order valence-corrected chi connectivity index (χ2v) is 9.40. The first-order chi connectivity index (χ1) is 14.6. The maximum absolute atomic E-state index is 13.6. The van der Waals surface area contributed by atoms with Gasteiger partial charge in [0.05, 0.1) is 25.0 Å². The Balaban J connectivity index is 1.54. The van der Waals surface area contributed by atoms with Crippen molar-refractivity contribution in [2.45, 2.75) is 57.3 Å².